The van der Waals surface area contributed by atoms with Crippen LogP contribution >= 0.6 is 0 Å². The van der Waals surface area contributed by atoms with Crippen LogP contribution in [0.25, 0.3) is 0 Å². The molecular weight excluding hydrogens is 180 g/mol. The summed E-state index contributed by atoms with van der Waals surface area (Å²) in [6.45, 7) is -0.0126. The Labute approximate surface area is 83.0 Å². The van der Waals surface area contributed by atoms with E-state index in [1.807, 2.05) is 6.07 Å². The van der Waals surface area contributed by atoms with Gasteiger partial charge in [0, 0.05) is 7.11 Å². The van der Waals surface area contributed by atoms with Gasteiger partial charge in [0.1, 0.15) is 11.4 Å². The predicted octanol–water partition coefficient (Wildman–Crippen LogP) is 1.17. The van der Waals surface area contributed by atoms with Crippen molar-refractivity contribution in [2.75, 3.05) is 13.7 Å². The Kier molecular flexibility index (Phi) is 2.21. The van der Waals surface area contributed by atoms with E-state index in [1.165, 1.54) is 0 Å². The molecular formula is C11H14O3. The summed E-state index contributed by atoms with van der Waals surface area (Å²) in [4.78, 5) is 0. The fourth-order valence-corrected chi connectivity index (χ4v) is 2.14. The van der Waals surface area contributed by atoms with Gasteiger partial charge in [0.15, 0.2) is 0 Å². The maximum absolute atomic E-state index is 9.35. The highest BCUT2D eigenvalue weighted by atomic mass is 16.5. The number of aromatic hydroxyl groups is 1. The number of aliphatic hydroxyl groups is 1. The van der Waals surface area contributed by atoms with Crippen LogP contribution in [0.5, 0.6) is 5.75 Å². The van der Waals surface area contributed by atoms with Gasteiger partial charge in [-0.25, -0.2) is 0 Å². The van der Waals surface area contributed by atoms with Gasteiger partial charge in [-0.05, 0) is 36.1 Å². The molecule has 0 amide bonds. The van der Waals surface area contributed by atoms with E-state index in [0.29, 0.717) is 0 Å². The molecule has 1 aromatic carbocycles. The Morgan fingerprint density at radius 3 is 2.93 bits per heavy atom. The first-order valence-electron chi connectivity index (χ1n) is 4.70. The van der Waals surface area contributed by atoms with Crippen LogP contribution in [0.15, 0.2) is 18.2 Å². The first kappa shape index (κ1) is 9.49. The Balaban J connectivity index is 2.48. The number of hydrogen-bond donors (Lipinski definition) is 2. The highest BCUT2D eigenvalue weighted by Crippen LogP contribution is 2.40. The van der Waals surface area contributed by atoms with E-state index >= 15 is 0 Å². The average Bonchev–Trinajstić information content (AvgIpc) is 2.56. The molecule has 0 heterocycles. The Bertz CT molecular complexity index is 342. The SMILES string of the molecule is COC1(CO)CCc2cc(O)ccc21. The number of fused-ring (bicyclic) bond motifs is 1. The molecule has 14 heavy (non-hydrogen) atoms. The van der Waals surface area contributed by atoms with E-state index in [2.05, 4.69) is 0 Å². The summed E-state index contributed by atoms with van der Waals surface area (Å²) < 4.78 is 5.38. The van der Waals surface area contributed by atoms with Crippen molar-refractivity contribution in [1.82, 2.24) is 0 Å². The van der Waals surface area contributed by atoms with Crippen LogP contribution in [-0.2, 0) is 16.8 Å². The monoisotopic (exact) mass is 194 g/mol. The van der Waals surface area contributed by atoms with Crippen molar-refractivity contribution in [2.24, 2.45) is 0 Å². The maximum Gasteiger partial charge on any atom is 0.116 e. The number of ether oxygens (including phenoxy) is 1. The topological polar surface area (TPSA) is 49.7 Å². The van der Waals surface area contributed by atoms with Gasteiger partial charge >= 0.3 is 0 Å². The zero-order valence-electron chi connectivity index (χ0n) is 8.16. The molecule has 2 rings (SSSR count). The van der Waals surface area contributed by atoms with Gasteiger partial charge < -0.3 is 14.9 Å². The first-order valence-corrected chi connectivity index (χ1v) is 4.70. The van der Waals surface area contributed by atoms with Crippen molar-refractivity contribution in [3.63, 3.8) is 0 Å². The van der Waals surface area contributed by atoms with Gasteiger partial charge in [0.25, 0.3) is 0 Å². The molecule has 1 unspecified atom stereocenters. The fraction of sp³-hybridized carbons (Fsp3) is 0.455. The van der Waals surface area contributed by atoms with Crippen LogP contribution in [-0.4, -0.2) is 23.9 Å². The van der Waals surface area contributed by atoms with Gasteiger partial charge in [0.05, 0.1) is 6.61 Å². The molecule has 2 N–H and O–H groups in total. The second kappa shape index (κ2) is 3.26. The minimum absolute atomic E-state index is 0.0126. The zero-order chi connectivity index (χ0) is 10.2. The van der Waals surface area contributed by atoms with Crippen LogP contribution in [0, 0.1) is 0 Å². The molecule has 1 aliphatic rings. The molecule has 1 aliphatic carbocycles. The van der Waals surface area contributed by atoms with Crippen LogP contribution in [0.2, 0.25) is 0 Å². The van der Waals surface area contributed by atoms with Gasteiger partial charge in [-0.15, -0.1) is 0 Å². The van der Waals surface area contributed by atoms with Crippen LogP contribution in [0.3, 0.4) is 0 Å². The van der Waals surface area contributed by atoms with Crippen molar-refractivity contribution in [1.29, 1.82) is 0 Å². The van der Waals surface area contributed by atoms with E-state index in [-0.39, 0.29) is 12.4 Å². The number of benzene rings is 1. The lowest BCUT2D eigenvalue weighted by molar-refractivity contribution is -0.0554. The summed E-state index contributed by atoms with van der Waals surface area (Å²) >= 11 is 0. The van der Waals surface area contributed by atoms with Crippen LogP contribution < -0.4 is 0 Å². The van der Waals surface area contributed by atoms with Crippen LogP contribution in [0.1, 0.15) is 17.5 Å². The molecule has 0 bridgehead atoms. The highest BCUT2D eigenvalue weighted by Gasteiger charge is 2.38. The van der Waals surface area contributed by atoms with Crippen molar-refractivity contribution in [3.05, 3.63) is 29.3 Å². The molecule has 0 saturated carbocycles. The number of rotatable bonds is 2. The Morgan fingerprint density at radius 1 is 1.50 bits per heavy atom. The minimum Gasteiger partial charge on any atom is -0.508 e. The van der Waals surface area contributed by atoms with Crippen molar-refractivity contribution >= 4 is 0 Å². The van der Waals surface area contributed by atoms with E-state index < -0.39 is 5.60 Å². The van der Waals surface area contributed by atoms with E-state index in [9.17, 15) is 10.2 Å². The summed E-state index contributed by atoms with van der Waals surface area (Å²) in [7, 11) is 1.61. The van der Waals surface area contributed by atoms with E-state index in [4.69, 9.17) is 4.74 Å². The molecule has 0 saturated heterocycles. The molecule has 1 aromatic rings. The number of phenolic OH excluding ortho intramolecular Hbond substituents is 1. The van der Waals surface area contributed by atoms with Crippen LogP contribution in [0.4, 0.5) is 0 Å². The molecule has 0 radical (unpaired) electrons. The Morgan fingerprint density at radius 2 is 2.29 bits per heavy atom. The molecule has 76 valence electrons. The van der Waals surface area contributed by atoms with Crippen molar-refractivity contribution in [3.8, 4) is 5.75 Å². The van der Waals surface area contributed by atoms with Gasteiger partial charge in [-0.3, -0.25) is 0 Å². The van der Waals surface area contributed by atoms with E-state index in [1.54, 1.807) is 19.2 Å². The third-order valence-electron chi connectivity index (χ3n) is 3.02. The average molecular weight is 194 g/mol. The van der Waals surface area contributed by atoms with E-state index in [0.717, 1.165) is 24.0 Å². The van der Waals surface area contributed by atoms with Crippen molar-refractivity contribution in [2.45, 2.75) is 18.4 Å². The Hall–Kier alpha value is -1.06. The summed E-state index contributed by atoms with van der Waals surface area (Å²) in [5.41, 5.74) is 1.52. The summed E-state index contributed by atoms with van der Waals surface area (Å²) in [6.07, 6.45) is 1.62. The number of phenols is 1. The molecule has 0 fully saturated rings. The summed E-state index contributed by atoms with van der Waals surface area (Å²) in [5, 5.41) is 18.7. The lowest BCUT2D eigenvalue weighted by Crippen LogP contribution is -2.29. The van der Waals surface area contributed by atoms with Gasteiger partial charge in [0.2, 0.25) is 0 Å². The zero-order valence-corrected chi connectivity index (χ0v) is 8.16. The third-order valence-corrected chi connectivity index (χ3v) is 3.02. The lowest BCUT2D eigenvalue weighted by atomic mass is 9.97. The predicted molar refractivity (Wildman–Crippen MR) is 52.2 cm³/mol. The quantitative estimate of drug-likeness (QED) is 0.743. The standard InChI is InChI=1S/C11H14O3/c1-14-11(7-12)5-4-8-6-9(13)2-3-10(8)11/h2-3,6,12-13H,4-5,7H2,1H3. The number of methoxy groups -OCH3 is 1. The molecule has 1 atom stereocenters. The highest BCUT2D eigenvalue weighted by molar-refractivity contribution is 5.42. The first-order chi connectivity index (χ1) is 6.72. The van der Waals surface area contributed by atoms with Crippen molar-refractivity contribution < 1.29 is 14.9 Å². The normalized spacial score (nSPS) is 25.0. The second-order valence-corrected chi connectivity index (χ2v) is 3.70. The molecule has 0 aliphatic heterocycles. The third kappa shape index (κ3) is 1.21. The van der Waals surface area contributed by atoms with Gasteiger partial charge in [-0.1, -0.05) is 6.07 Å². The number of hydrogen-bond acceptors (Lipinski definition) is 3. The molecule has 0 spiro atoms. The summed E-state index contributed by atoms with van der Waals surface area (Å²) in [6, 6.07) is 5.21. The number of aryl methyl sites for hydroxylation is 1. The maximum atomic E-state index is 9.35. The molecule has 3 heteroatoms. The minimum atomic E-state index is -0.553. The fourth-order valence-electron chi connectivity index (χ4n) is 2.14. The molecule has 0 aromatic heterocycles. The number of aliphatic hydroxyl groups excluding tert-OH is 1. The largest absolute Gasteiger partial charge is 0.508 e. The summed E-state index contributed by atoms with van der Waals surface area (Å²) in [5.74, 6) is 0.272. The lowest BCUT2D eigenvalue weighted by Gasteiger charge is -2.26. The molecule has 3 nitrogen and oxygen atoms in total. The smallest absolute Gasteiger partial charge is 0.116 e. The second-order valence-electron chi connectivity index (χ2n) is 3.70. The van der Waals surface area contributed by atoms with Gasteiger partial charge in [-0.2, -0.15) is 0 Å².